The minimum Gasteiger partial charge on any atom is -0.463 e. The van der Waals surface area contributed by atoms with Crippen molar-refractivity contribution in [2.45, 2.75) is 33.6 Å². The summed E-state index contributed by atoms with van der Waals surface area (Å²) >= 11 is 0. The highest BCUT2D eigenvalue weighted by molar-refractivity contribution is 5.92. The number of hydrogen-bond donors (Lipinski definition) is 1. The van der Waals surface area contributed by atoms with Crippen LogP contribution in [0.4, 0.5) is 0 Å². The van der Waals surface area contributed by atoms with Crippen LogP contribution in [0.25, 0.3) is 0 Å². The minimum atomic E-state index is -0.638. The molecule has 0 saturated heterocycles. The monoisotopic (exact) mass is 316 g/mol. The molecule has 2 rings (SSSR count). The van der Waals surface area contributed by atoms with Crippen molar-refractivity contribution in [3.8, 4) is 6.07 Å². The zero-order valence-corrected chi connectivity index (χ0v) is 13.9. The lowest BCUT2D eigenvalue weighted by Gasteiger charge is -2.27. The highest BCUT2D eigenvalue weighted by Gasteiger charge is 2.38. The Morgan fingerprint density at radius 3 is 2.61 bits per heavy atom. The van der Waals surface area contributed by atoms with Crippen LogP contribution in [-0.2, 0) is 21.3 Å². The number of nitrogens with two attached hydrogens (primary N) is 1. The second-order valence-electron chi connectivity index (χ2n) is 5.32. The molecular formula is C16H20N4O3. The van der Waals surface area contributed by atoms with Gasteiger partial charge >= 0.3 is 5.97 Å². The van der Waals surface area contributed by atoms with Gasteiger partial charge in [-0.25, -0.2) is 4.79 Å². The Morgan fingerprint density at radius 1 is 1.48 bits per heavy atom. The van der Waals surface area contributed by atoms with E-state index in [2.05, 4.69) is 11.2 Å². The Balaban J connectivity index is 2.72. The number of carbonyl (C=O) groups excluding carboxylic acids is 1. The summed E-state index contributed by atoms with van der Waals surface area (Å²) in [6, 6.07) is 2.06. The number of allylic oxidation sites excluding steroid dienone is 2. The van der Waals surface area contributed by atoms with Gasteiger partial charge in [-0.05, 0) is 27.7 Å². The van der Waals surface area contributed by atoms with Crippen molar-refractivity contribution in [2.75, 3.05) is 6.61 Å². The van der Waals surface area contributed by atoms with Gasteiger partial charge < -0.3 is 15.2 Å². The van der Waals surface area contributed by atoms with Gasteiger partial charge in [-0.3, -0.25) is 4.68 Å². The molecule has 0 bridgehead atoms. The van der Waals surface area contributed by atoms with Gasteiger partial charge in [0, 0.05) is 18.3 Å². The second kappa shape index (κ2) is 6.16. The molecule has 1 atom stereocenters. The van der Waals surface area contributed by atoms with E-state index >= 15 is 0 Å². The van der Waals surface area contributed by atoms with Crippen molar-refractivity contribution in [2.24, 2.45) is 12.8 Å². The van der Waals surface area contributed by atoms with Crippen molar-refractivity contribution >= 4 is 5.97 Å². The molecular weight excluding hydrogens is 296 g/mol. The number of aromatic nitrogens is 2. The van der Waals surface area contributed by atoms with Crippen LogP contribution in [0.3, 0.4) is 0 Å². The van der Waals surface area contributed by atoms with Crippen LogP contribution in [0.2, 0.25) is 0 Å². The van der Waals surface area contributed by atoms with Crippen LogP contribution in [0, 0.1) is 25.2 Å². The number of ether oxygens (including phenoxy) is 2. The lowest BCUT2D eigenvalue weighted by atomic mass is 9.82. The van der Waals surface area contributed by atoms with E-state index in [0.29, 0.717) is 5.76 Å². The Kier molecular flexibility index (Phi) is 4.45. The number of hydrogen-bond acceptors (Lipinski definition) is 6. The fourth-order valence-electron chi connectivity index (χ4n) is 2.85. The molecule has 23 heavy (non-hydrogen) atoms. The predicted octanol–water partition coefficient (Wildman–Crippen LogP) is 1.68. The van der Waals surface area contributed by atoms with Crippen LogP contribution in [0.5, 0.6) is 0 Å². The first-order valence-electron chi connectivity index (χ1n) is 7.29. The Morgan fingerprint density at radius 2 is 2.13 bits per heavy atom. The summed E-state index contributed by atoms with van der Waals surface area (Å²) in [4.78, 5) is 12.4. The zero-order chi connectivity index (χ0) is 17.3. The topological polar surface area (TPSA) is 103 Å². The van der Waals surface area contributed by atoms with Gasteiger partial charge in [0.15, 0.2) is 0 Å². The van der Waals surface area contributed by atoms with E-state index in [-0.39, 0.29) is 23.6 Å². The molecule has 122 valence electrons. The molecule has 0 unspecified atom stereocenters. The summed E-state index contributed by atoms with van der Waals surface area (Å²) in [5.74, 6) is -0.808. The third kappa shape index (κ3) is 2.68. The highest BCUT2D eigenvalue weighted by atomic mass is 16.5. The Labute approximate surface area is 135 Å². The van der Waals surface area contributed by atoms with Gasteiger partial charge in [-0.1, -0.05) is 0 Å². The molecule has 2 N–H and O–H groups in total. The quantitative estimate of drug-likeness (QED) is 0.851. The molecule has 1 aliphatic rings. The summed E-state index contributed by atoms with van der Waals surface area (Å²) in [7, 11) is 1.81. The average Bonchev–Trinajstić information content (AvgIpc) is 2.71. The van der Waals surface area contributed by atoms with Gasteiger partial charge in [-0.15, -0.1) is 0 Å². The van der Waals surface area contributed by atoms with Crippen molar-refractivity contribution in [3.63, 3.8) is 0 Å². The van der Waals surface area contributed by atoms with Gasteiger partial charge in [0.25, 0.3) is 0 Å². The van der Waals surface area contributed by atoms with Gasteiger partial charge in [-0.2, -0.15) is 10.4 Å². The molecule has 0 aromatic carbocycles. The summed E-state index contributed by atoms with van der Waals surface area (Å²) in [6.45, 7) is 7.31. The first kappa shape index (κ1) is 16.6. The van der Waals surface area contributed by atoms with E-state index in [4.69, 9.17) is 15.2 Å². The van der Waals surface area contributed by atoms with E-state index < -0.39 is 11.9 Å². The first-order valence-corrected chi connectivity index (χ1v) is 7.29. The second-order valence-corrected chi connectivity index (χ2v) is 5.32. The highest BCUT2D eigenvalue weighted by Crippen LogP contribution is 2.41. The molecule has 0 saturated carbocycles. The largest absolute Gasteiger partial charge is 0.463 e. The summed E-state index contributed by atoms with van der Waals surface area (Å²) in [6.07, 6.45) is 0. The normalized spacial score (nSPS) is 17.8. The molecule has 1 aromatic heterocycles. The van der Waals surface area contributed by atoms with Crippen molar-refractivity contribution < 1.29 is 14.3 Å². The molecule has 0 fully saturated rings. The minimum absolute atomic E-state index is 0.00528. The number of rotatable bonds is 3. The van der Waals surface area contributed by atoms with Gasteiger partial charge in [0.05, 0.1) is 23.8 Å². The van der Waals surface area contributed by atoms with Crippen molar-refractivity contribution in [1.29, 1.82) is 5.26 Å². The van der Waals surface area contributed by atoms with Crippen LogP contribution in [-0.4, -0.2) is 22.4 Å². The summed E-state index contributed by atoms with van der Waals surface area (Å²) in [5.41, 5.74) is 8.71. The number of nitriles is 1. The number of aryl methyl sites for hydroxylation is 2. The maximum Gasteiger partial charge on any atom is 0.338 e. The first-order chi connectivity index (χ1) is 10.8. The van der Waals surface area contributed by atoms with Crippen LogP contribution in [0.1, 0.15) is 36.7 Å². The standard InChI is InChI=1S/C16H20N4O3/c1-6-22-16(21)13-10(4)23-15(18)11(7-17)14(13)12-8(2)19-20(5)9(12)3/h14H,6,18H2,1-5H3/t14-/m1/s1. The SMILES string of the molecule is CCOC(=O)C1=C(C)OC(N)=C(C#N)[C@@H]1c1c(C)nn(C)c1C. The summed E-state index contributed by atoms with van der Waals surface area (Å²) in [5, 5.41) is 13.9. The van der Waals surface area contributed by atoms with E-state index in [0.717, 1.165) is 17.0 Å². The lowest BCUT2D eigenvalue weighted by molar-refractivity contribution is -0.139. The molecule has 2 heterocycles. The molecule has 0 amide bonds. The van der Waals surface area contributed by atoms with Crippen molar-refractivity contribution in [3.05, 3.63) is 39.7 Å². The van der Waals surface area contributed by atoms with Crippen LogP contribution < -0.4 is 5.73 Å². The third-order valence-electron chi connectivity index (χ3n) is 3.95. The summed E-state index contributed by atoms with van der Waals surface area (Å²) < 4.78 is 12.2. The van der Waals surface area contributed by atoms with E-state index in [1.54, 1.807) is 18.5 Å². The maximum atomic E-state index is 12.4. The van der Waals surface area contributed by atoms with E-state index in [1.807, 2.05) is 20.9 Å². The Hall–Kier alpha value is -2.75. The molecule has 0 radical (unpaired) electrons. The molecule has 7 nitrogen and oxygen atoms in total. The van der Waals surface area contributed by atoms with Gasteiger partial charge in [0.1, 0.15) is 17.4 Å². The third-order valence-corrected chi connectivity index (χ3v) is 3.95. The molecule has 1 aromatic rings. The molecule has 1 aliphatic heterocycles. The van der Waals surface area contributed by atoms with Crippen molar-refractivity contribution in [1.82, 2.24) is 9.78 Å². The van der Waals surface area contributed by atoms with E-state index in [9.17, 15) is 10.1 Å². The fourth-order valence-corrected chi connectivity index (χ4v) is 2.85. The average molecular weight is 316 g/mol. The molecule has 7 heteroatoms. The fraction of sp³-hybridized carbons (Fsp3) is 0.438. The number of nitrogens with zero attached hydrogens (tertiary/aromatic N) is 3. The Bertz CT molecular complexity index is 765. The molecule has 0 aliphatic carbocycles. The maximum absolute atomic E-state index is 12.4. The zero-order valence-electron chi connectivity index (χ0n) is 13.9. The van der Waals surface area contributed by atoms with E-state index in [1.165, 1.54) is 0 Å². The van der Waals surface area contributed by atoms with Crippen LogP contribution in [0.15, 0.2) is 22.8 Å². The predicted molar refractivity (Wildman–Crippen MR) is 82.7 cm³/mol. The van der Waals surface area contributed by atoms with Crippen LogP contribution >= 0.6 is 0 Å². The molecule has 0 spiro atoms. The number of esters is 1. The lowest BCUT2D eigenvalue weighted by Crippen LogP contribution is -2.26. The number of carbonyl (C=O) groups is 1. The van der Waals surface area contributed by atoms with Gasteiger partial charge in [0.2, 0.25) is 5.88 Å². The smallest absolute Gasteiger partial charge is 0.338 e.